The largest absolute Gasteiger partial charge is 0.508 e. The summed E-state index contributed by atoms with van der Waals surface area (Å²) in [6, 6.07) is 67.3. The Bertz CT molecular complexity index is 5810. The van der Waals surface area contributed by atoms with Gasteiger partial charge in [-0.3, -0.25) is 13.2 Å². The van der Waals surface area contributed by atoms with Gasteiger partial charge in [0, 0.05) is 85.8 Å². The lowest BCUT2D eigenvalue weighted by Gasteiger charge is -2.09. The Morgan fingerprint density at radius 1 is 0.340 bits per heavy atom. The third-order valence-electron chi connectivity index (χ3n) is 17.1. The van der Waals surface area contributed by atoms with Crippen LogP contribution in [-0.4, -0.2) is 89.1 Å². The van der Waals surface area contributed by atoms with Gasteiger partial charge < -0.3 is 46.0 Å². The molecule has 0 unspecified atom stereocenters. The summed E-state index contributed by atoms with van der Waals surface area (Å²) in [5, 5.41) is 95.5. The highest BCUT2D eigenvalue weighted by molar-refractivity contribution is 7.22. The maximum atomic E-state index is 11.1. The van der Waals surface area contributed by atoms with Gasteiger partial charge in [0.05, 0.1) is 22.0 Å². The third kappa shape index (κ3) is 12.8. The van der Waals surface area contributed by atoms with Crippen molar-refractivity contribution in [2.24, 2.45) is 0 Å². The molecule has 17 aromatic rings. The summed E-state index contributed by atoms with van der Waals surface area (Å²) >= 11 is 3.27. The standard InChI is InChI=1S/2C27H19N3O3S.C26H21N3O3/c31-18-9-5-16(6-10-18)13-22-27(33)30-14-23(17-7-11-19(32)12-8-17)28-25(26(30)29-22)21-15-34-24-4-2-1-3-20(21)24;31-19-9-5-16(6-10-19)13-21-27(33)30-15-22(17-7-11-20(32)12-8-17)28-25(26(30)29-21)24-14-18-3-1-2-4-23(18)34-24;1-16-2-4-17(5-3-16)14-22-26(32)29-15-23(18-6-10-20(30)11-7-18)27-24(25(29)28-22)19-8-12-21(31)13-9-19/h2*1-12,14-15,31-33H,13H2;2-13,15,30-32H,14H2,1H3. The van der Waals surface area contributed by atoms with Crippen molar-refractivity contribution in [2.75, 3.05) is 0 Å². The third-order valence-corrected chi connectivity index (χ3v) is 19.2. The number of aromatic hydroxyl groups is 9. The Morgan fingerprint density at radius 2 is 0.690 bits per heavy atom. The van der Waals surface area contributed by atoms with Crippen molar-refractivity contribution in [3.05, 3.63) is 288 Å². The molecule has 0 radical (unpaired) electrons. The monoisotopic (exact) mass is 1350 g/mol. The minimum atomic E-state index is 0.0475. The highest BCUT2D eigenvalue weighted by Gasteiger charge is 2.24. The van der Waals surface area contributed by atoms with Crippen LogP contribution in [0.4, 0.5) is 0 Å². The SMILES string of the molecule is Cc1ccc(Cc2nc3c(-c4ccc(O)cc4)nc(-c4ccc(O)cc4)cn3c2O)cc1.Oc1ccc(Cc2nc3c(-c4cc5ccccc5s4)nc(-c4ccc(O)cc4)cn3c2O)cc1.Oc1ccc(Cc2nc3c(-c4csc5ccccc45)nc(-c4ccc(O)cc4)cn3c2O)cc1. The van der Waals surface area contributed by atoms with E-state index < -0.39 is 0 Å². The van der Waals surface area contributed by atoms with Gasteiger partial charge in [0.2, 0.25) is 17.6 Å². The Hall–Kier alpha value is -13.0. The van der Waals surface area contributed by atoms with E-state index in [4.69, 9.17) is 29.9 Å². The van der Waals surface area contributed by atoms with Gasteiger partial charge in [0.25, 0.3) is 0 Å². The summed E-state index contributed by atoms with van der Waals surface area (Å²) in [4.78, 5) is 30.0. The summed E-state index contributed by atoms with van der Waals surface area (Å²) in [5.41, 5.74) is 15.3. The lowest BCUT2D eigenvalue weighted by Crippen LogP contribution is -1.96. The maximum absolute atomic E-state index is 11.1. The molecule has 0 aliphatic heterocycles. The van der Waals surface area contributed by atoms with E-state index in [-0.39, 0.29) is 52.1 Å². The second-order valence-electron chi connectivity index (χ2n) is 24.0. The first kappa shape index (κ1) is 63.0. The number of benzene rings is 9. The fourth-order valence-corrected chi connectivity index (χ4v) is 13.8. The first-order chi connectivity index (χ1) is 48.6. The predicted molar refractivity (Wildman–Crippen MR) is 390 cm³/mol. The number of hydrogen-bond acceptors (Lipinski definition) is 17. The molecule has 0 bridgehead atoms. The van der Waals surface area contributed by atoms with Crippen LogP contribution in [0.25, 0.3) is 104 Å². The number of phenols is 6. The molecule has 100 heavy (non-hydrogen) atoms. The van der Waals surface area contributed by atoms with E-state index in [0.717, 1.165) is 69.6 Å². The van der Waals surface area contributed by atoms with Crippen molar-refractivity contribution in [3.63, 3.8) is 0 Å². The van der Waals surface area contributed by atoms with E-state index in [9.17, 15) is 46.0 Å². The van der Waals surface area contributed by atoms with Crippen LogP contribution in [0.15, 0.2) is 248 Å². The first-order valence-corrected chi connectivity index (χ1v) is 33.4. The van der Waals surface area contributed by atoms with Crippen LogP contribution in [-0.2, 0) is 19.3 Å². The fourth-order valence-electron chi connectivity index (χ4n) is 11.8. The molecular formula is C80H59N9O9S2. The van der Waals surface area contributed by atoms with Crippen molar-refractivity contribution >= 4 is 59.8 Å². The van der Waals surface area contributed by atoms with Crippen molar-refractivity contribution < 1.29 is 46.0 Å². The second kappa shape index (κ2) is 26.5. The number of phenolic OH excluding ortho intramolecular Hbond substituents is 6. The molecule has 20 heteroatoms. The van der Waals surface area contributed by atoms with Gasteiger partial charge in [0.1, 0.15) is 68.7 Å². The molecule has 9 aromatic carbocycles. The van der Waals surface area contributed by atoms with Crippen molar-refractivity contribution in [1.29, 1.82) is 0 Å². The number of nitrogens with zero attached hydrogens (tertiary/aromatic N) is 9. The van der Waals surface area contributed by atoms with Crippen LogP contribution in [0.3, 0.4) is 0 Å². The van der Waals surface area contributed by atoms with Gasteiger partial charge in [0.15, 0.2) is 16.9 Å². The van der Waals surface area contributed by atoms with Gasteiger partial charge in [-0.2, -0.15) is 0 Å². The normalized spacial score (nSPS) is 11.3. The van der Waals surface area contributed by atoms with Gasteiger partial charge in [-0.15, -0.1) is 22.7 Å². The first-order valence-electron chi connectivity index (χ1n) is 31.7. The molecule has 17 rings (SSSR count). The molecule has 18 nitrogen and oxygen atoms in total. The van der Waals surface area contributed by atoms with Gasteiger partial charge >= 0.3 is 0 Å². The summed E-state index contributed by atoms with van der Waals surface area (Å²) in [7, 11) is 0. The Balaban J connectivity index is 0.000000122. The van der Waals surface area contributed by atoms with Crippen LogP contribution < -0.4 is 0 Å². The molecule has 0 amide bonds. The highest BCUT2D eigenvalue weighted by Crippen LogP contribution is 2.41. The van der Waals surface area contributed by atoms with Crippen LogP contribution >= 0.6 is 22.7 Å². The van der Waals surface area contributed by atoms with E-state index in [1.165, 1.54) is 5.56 Å². The average Bonchev–Trinajstić information content (AvgIpc) is 1.60. The summed E-state index contributed by atoms with van der Waals surface area (Å²) in [5.74, 6) is 1.22. The van der Waals surface area contributed by atoms with Gasteiger partial charge in [-0.1, -0.05) is 90.5 Å². The van der Waals surface area contributed by atoms with Gasteiger partial charge in [-0.05, 0) is 169 Å². The van der Waals surface area contributed by atoms with Crippen LogP contribution in [0.5, 0.6) is 52.1 Å². The smallest absolute Gasteiger partial charge is 0.219 e. The Morgan fingerprint density at radius 3 is 1.13 bits per heavy atom. The molecule has 0 aliphatic carbocycles. The molecule has 0 atom stereocenters. The van der Waals surface area contributed by atoms with E-state index >= 15 is 0 Å². The summed E-state index contributed by atoms with van der Waals surface area (Å²) in [6.45, 7) is 2.03. The van der Waals surface area contributed by atoms with Crippen LogP contribution in [0, 0.1) is 6.92 Å². The Kier molecular flexibility index (Phi) is 16.7. The topological polar surface area (TPSA) is 273 Å². The second-order valence-corrected chi connectivity index (χ2v) is 26.0. The Labute approximate surface area is 578 Å². The molecule has 0 fully saturated rings. The summed E-state index contributed by atoms with van der Waals surface area (Å²) in [6.07, 6.45) is 6.58. The van der Waals surface area contributed by atoms with Crippen molar-refractivity contribution in [2.45, 2.75) is 26.2 Å². The number of thiophene rings is 2. The quantitative estimate of drug-likeness (QED) is 0.0550. The zero-order valence-corrected chi connectivity index (χ0v) is 54.8. The van der Waals surface area contributed by atoms with Crippen molar-refractivity contribution in [3.8, 4) is 119 Å². The molecule has 0 saturated carbocycles. The number of imidazole rings is 3. The van der Waals surface area contributed by atoms with E-state index in [2.05, 4.69) is 35.7 Å². The van der Waals surface area contributed by atoms with Crippen molar-refractivity contribution in [1.82, 2.24) is 43.1 Å². The number of hydrogen-bond donors (Lipinski definition) is 9. The average molecular weight is 1350 g/mol. The number of aryl methyl sites for hydroxylation is 1. The molecule has 0 spiro atoms. The summed E-state index contributed by atoms with van der Waals surface area (Å²) < 4.78 is 7.28. The predicted octanol–water partition coefficient (Wildman–Crippen LogP) is 17.1. The highest BCUT2D eigenvalue weighted by atomic mass is 32.1. The lowest BCUT2D eigenvalue weighted by molar-refractivity contribution is 0.442. The van der Waals surface area contributed by atoms with Crippen LogP contribution in [0.1, 0.15) is 39.3 Å². The van der Waals surface area contributed by atoms with Gasteiger partial charge in [-0.25, -0.2) is 29.9 Å². The molecule has 9 N–H and O–H groups in total. The fraction of sp³-hybridized carbons (Fsp3) is 0.0500. The molecule has 8 aromatic heterocycles. The van der Waals surface area contributed by atoms with E-state index in [0.29, 0.717) is 87.4 Å². The minimum Gasteiger partial charge on any atom is -0.508 e. The number of fused-ring (bicyclic) bond motifs is 5. The number of rotatable bonds is 12. The van der Waals surface area contributed by atoms with E-state index in [1.807, 2.05) is 79.7 Å². The molecular weight excluding hydrogens is 1300 g/mol. The zero-order valence-electron chi connectivity index (χ0n) is 53.2. The minimum absolute atomic E-state index is 0.0475. The molecule has 8 heterocycles. The zero-order chi connectivity index (χ0) is 68.7. The lowest BCUT2D eigenvalue weighted by atomic mass is 10.1. The molecule has 0 aliphatic rings. The maximum Gasteiger partial charge on any atom is 0.219 e. The van der Waals surface area contributed by atoms with Crippen LogP contribution in [0.2, 0.25) is 0 Å². The molecule has 0 saturated heterocycles. The number of aromatic nitrogens is 9. The van der Waals surface area contributed by atoms with E-state index in [1.54, 1.807) is 176 Å². The molecule has 490 valence electrons.